The van der Waals surface area contributed by atoms with Crippen molar-refractivity contribution >= 4 is 23.4 Å². The van der Waals surface area contributed by atoms with Crippen LogP contribution in [0.15, 0.2) is 30.3 Å². The molecule has 0 aromatic heterocycles. The van der Waals surface area contributed by atoms with Gasteiger partial charge in [-0.25, -0.2) is 4.79 Å². The Labute approximate surface area is 130 Å². The van der Waals surface area contributed by atoms with Gasteiger partial charge in [-0.1, -0.05) is 30.3 Å². The average molecular weight is 307 g/mol. The van der Waals surface area contributed by atoms with Gasteiger partial charge in [0.1, 0.15) is 12.1 Å². The van der Waals surface area contributed by atoms with Crippen LogP contribution < -0.4 is 5.32 Å². The summed E-state index contributed by atoms with van der Waals surface area (Å²) in [4.78, 5) is 11.5. The van der Waals surface area contributed by atoms with E-state index in [2.05, 4.69) is 29.6 Å². The molecular formula is C16H21NO3S. The number of alkyl carbamates (subject to hydrolysis) is 1. The summed E-state index contributed by atoms with van der Waals surface area (Å²) in [6, 6.07) is 10.2. The highest BCUT2D eigenvalue weighted by molar-refractivity contribution is 7.80. The molecule has 1 amide bonds. The van der Waals surface area contributed by atoms with Crippen molar-refractivity contribution in [2.75, 3.05) is 6.61 Å². The Kier molecular flexibility index (Phi) is 5.99. The first kappa shape index (κ1) is 15.8. The predicted octanol–water partition coefficient (Wildman–Crippen LogP) is 3.24. The summed E-state index contributed by atoms with van der Waals surface area (Å²) in [6.45, 7) is 2.31. The molecule has 4 nitrogen and oxygen atoms in total. The molecule has 1 N–H and O–H groups in total. The van der Waals surface area contributed by atoms with Gasteiger partial charge in [-0.15, -0.1) is 0 Å². The van der Waals surface area contributed by atoms with Crippen molar-refractivity contribution in [2.45, 2.75) is 44.8 Å². The number of benzene rings is 1. The normalized spacial score (nSPS) is 20.3. The Bertz CT molecular complexity index is 478. The molecule has 1 aliphatic rings. The molecule has 0 bridgehead atoms. The number of nitrogens with one attached hydrogen (secondary N) is 1. The fourth-order valence-corrected chi connectivity index (χ4v) is 2.61. The second-order valence-electron chi connectivity index (χ2n) is 5.20. The number of carbonyl (C=O) groups is 1. The van der Waals surface area contributed by atoms with Gasteiger partial charge in [-0.2, -0.15) is 0 Å². The van der Waals surface area contributed by atoms with Crippen LogP contribution >= 0.6 is 12.2 Å². The largest absolute Gasteiger partial charge is 0.479 e. The molecule has 0 saturated carbocycles. The number of ether oxygens (including phenoxy) is 2. The molecule has 1 saturated heterocycles. The van der Waals surface area contributed by atoms with E-state index in [1.54, 1.807) is 0 Å². The zero-order valence-corrected chi connectivity index (χ0v) is 13.0. The summed E-state index contributed by atoms with van der Waals surface area (Å²) in [5, 5.41) is 3.14. The quantitative estimate of drug-likeness (QED) is 0.620. The minimum absolute atomic E-state index is 0.0593. The third kappa shape index (κ3) is 5.01. The van der Waals surface area contributed by atoms with Crippen LogP contribution in [0.4, 0.5) is 4.79 Å². The van der Waals surface area contributed by atoms with Crippen LogP contribution in [0.1, 0.15) is 31.7 Å². The standard InChI is InChI=1S/C16H21NO3S/c1-12-14(15(21)20-12)17-16(18)19-11-7-3-6-10-13-8-4-2-5-9-13/h2,4-5,8-9,12,14H,3,6-7,10-11H2,1H3,(H,17,18)/t12-,14-/m1/s1. The molecule has 1 aromatic carbocycles. The second-order valence-corrected chi connectivity index (χ2v) is 5.60. The van der Waals surface area contributed by atoms with Crippen LogP contribution in [0.5, 0.6) is 0 Å². The first-order chi connectivity index (χ1) is 10.2. The van der Waals surface area contributed by atoms with Gasteiger partial charge in [-0.3, -0.25) is 0 Å². The Morgan fingerprint density at radius 2 is 2.05 bits per heavy atom. The van der Waals surface area contributed by atoms with E-state index in [4.69, 9.17) is 21.7 Å². The zero-order valence-electron chi connectivity index (χ0n) is 12.2. The van der Waals surface area contributed by atoms with Crippen LogP contribution in [-0.4, -0.2) is 29.9 Å². The van der Waals surface area contributed by atoms with E-state index in [0.717, 1.165) is 25.7 Å². The number of carbonyl (C=O) groups excluding carboxylic acids is 1. The maximum atomic E-state index is 11.5. The minimum Gasteiger partial charge on any atom is -0.479 e. The highest BCUT2D eigenvalue weighted by Crippen LogP contribution is 2.15. The van der Waals surface area contributed by atoms with E-state index >= 15 is 0 Å². The van der Waals surface area contributed by atoms with Gasteiger partial charge in [0.15, 0.2) is 5.05 Å². The molecule has 114 valence electrons. The summed E-state index contributed by atoms with van der Waals surface area (Å²) in [7, 11) is 0. The van der Waals surface area contributed by atoms with Crippen molar-refractivity contribution < 1.29 is 14.3 Å². The maximum absolute atomic E-state index is 11.5. The Balaban J connectivity index is 1.50. The fraction of sp³-hybridized carbons (Fsp3) is 0.500. The number of unbranched alkanes of at least 4 members (excludes halogenated alkanes) is 2. The molecule has 0 unspecified atom stereocenters. The van der Waals surface area contributed by atoms with Crippen molar-refractivity contribution in [1.82, 2.24) is 5.32 Å². The monoisotopic (exact) mass is 307 g/mol. The zero-order chi connectivity index (χ0) is 15.1. The van der Waals surface area contributed by atoms with E-state index in [9.17, 15) is 4.79 Å². The summed E-state index contributed by atoms with van der Waals surface area (Å²) in [5.41, 5.74) is 1.35. The number of rotatable bonds is 7. The van der Waals surface area contributed by atoms with E-state index < -0.39 is 6.09 Å². The minimum atomic E-state index is -0.416. The molecule has 5 heteroatoms. The second kappa shape index (κ2) is 7.98. The summed E-state index contributed by atoms with van der Waals surface area (Å²) >= 11 is 4.92. The van der Waals surface area contributed by atoms with E-state index in [-0.39, 0.29) is 12.1 Å². The van der Waals surface area contributed by atoms with Crippen molar-refractivity contribution in [2.24, 2.45) is 0 Å². The molecule has 0 radical (unpaired) electrons. The van der Waals surface area contributed by atoms with Crippen LogP contribution in [0, 0.1) is 0 Å². The molecule has 1 aromatic rings. The highest BCUT2D eigenvalue weighted by atomic mass is 32.1. The number of hydrogen-bond donors (Lipinski definition) is 1. The number of thiocarbonyl (C=S) groups is 1. The molecule has 21 heavy (non-hydrogen) atoms. The number of aryl methyl sites for hydroxylation is 1. The van der Waals surface area contributed by atoms with Gasteiger partial charge >= 0.3 is 6.09 Å². The maximum Gasteiger partial charge on any atom is 0.407 e. The third-order valence-corrected chi connectivity index (χ3v) is 3.83. The van der Waals surface area contributed by atoms with Gasteiger partial charge in [0.25, 0.3) is 0 Å². The molecule has 0 aliphatic carbocycles. The highest BCUT2D eigenvalue weighted by Gasteiger charge is 2.36. The van der Waals surface area contributed by atoms with Gasteiger partial charge in [0, 0.05) is 0 Å². The lowest BCUT2D eigenvalue weighted by atomic mass is 10.1. The smallest absolute Gasteiger partial charge is 0.407 e. The lowest BCUT2D eigenvalue weighted by Gasteiger charge is -2.35. The molecule has 1 heterocycles. The van der Waals surface area contributed by atoms with E-state index in [1.807, 2.05) is 13.0 Å². The van der Waals surface area contributed by atoms with Gasteiger partial charge < -0.3 is 14.8 Å². The van der Waals surface area contributed by atoms with Crippen LogP contribution in [-0.2, 0) is 15.9 Å². The van der Waals surface area contributed by atoms with Crippen LogP contribution in [0.25, 0.3) is 0 Å². The third-order valence-electron chi connectivity index (χ3n) is 3.48. The molecule has 2 rings (SSSR count). The lowest BCUT2D eigenvalue weighted by molar-refractivity contribution is 0.0885. The predicted molar refractivity (Wildman–Crippen MR) is 85.4 cm³/mol. The number of hydrogen-bond acceptors (Lipinski definition) is 4. The molecule has 1 aliphatic heterocycles. The van der Waals surface area contributed by atoms with Gasteiger partial charge in [0.05, 0.1) is 6.61 Å². The van der Waals surface area contributed by atoms with Crippen LogP contribution in [0.2, 0.25) is 0 Å². The average Bonchev–Trinajstić information content (AvgIpc) is 2.49. The number of amides is 1. The summed E-state index contributed by atoms with van der Waals surface area (Å²) in [5.74, 6) is 0. The Morgan fingerprint density at radius 1 is 1.29 bits per heavy atom. The lowest BCUT2D eigenvalue weighted by Crippen LogP contribution is -2.57. The SMILES string of the molecule is C[C@H]1OC(=S)[C@@H]1NC(=O)OCCCCCc1ccccc1. The topological polar surface area (TPSA) is 47.6 Å². The molecule has 0 spiro atoms. The molecule has 1 fully saturated rings. The van der Waals surface area contributed by atoms with Crippen molar-refractivity contribution in [3.63, 3.8) is 0 Å². The molecular weight excluding hydrogens is 286 g/mol. The Hall–Kier alpha value is -1.62. The molecule has 2 atom stereocenters. The Morgan fingerprint density at radius 3 is 2.71 bits per heavy atom. The summed E-state index contributed by atoms with van der Waals surface area (Å²) < 4.78 is 10.2. The van der Waals surface area contributed by atoms with Crippen LogP contribution in [0.3, 0.4) is 0 Å². The fourth-order valence-electron chi connectivity index (χ4n) is 2.21. The van der Waals surface area contributed by atoms with Crippen molar-refractivity contribution in [3.05, 3.63) is 35.9 Å². The van der Waals surface area contributed by atoms with E-state index in [0.29, 0.717) is 11.7 Å². The van der Waals surface area contributed by atoms with E-state index in [1.165, 1.54) is 5.56 Å². The first-order valence-electron chi connectivity index (χ1n) is 7.34. The summed E-state index contributed by atoms with van der Waals surface area (Å²) in [6.07, 6.45) is 3.62. The first-order valence-corrected chi connectivity index (χ1v) is 7.75. The van der Waals surface area contributed by atoms with Crippen molar-refractivity contribution in [1.29, 1.82) is 0 Å². The van der Waals surface area contributed by atoms with Crippen molar-refractivity contribution in [3.8, 4) is 0 Å². The van der Waals surface area contributed by atoms with Gasteiger partial charge in [0.2, 0.25) is 0 Å². The van der Waals surface area contributed by atoms with Gasteiger partial charge in [-0.05, 0) is 50.4 Å².